The smallest absolute Gasteiger partial charge is 0.326 e. The molecule has 1 amide bonds. The molecule has 1 aromatic rings. The molecule has 0 heterocycles. The van der Waals surface area contributed by atoms with Gasteiger partial charge in [-0.2, -0.15) is 0 Å². The molecule has 96 valence electrons. The molecule has 1 aromatic carbocycles. The van der Waals surface area contributed by atoms with Crippen molar-refractivity contribution in [3.8, 4) is 0 Å². The molecule has 18 heavy (non-hydrogen) atoms. The molecule has 6 nitrogen and oxygen atoms in total. The topological polar surface area (TPSA) is 104 Å². The molecule has 0 saturated heterocycles. The zero-order valence-corrected chi connectivity index (χ0v) is 10.7. The molecule has 0 aliphatic heterocycles. The van der Waals surface area contributed by atoms with E-state index >= 15 is 0 Å². The number of hydrogen-bond acceptors (Lipinski definition) is 3. The second-order valence-corrected chi connectivity index (χ2v) is 4.38. The van der Waals surface area contributed by atoms with Crippen LogP contribution < -0.4 is 5.32 Å². The summed E-state index contributed by atoms with van der Waals surface area (Å²) in [4.78, 5) is 32.9. The zero-order chi connectivity index (χ0) is 13.7. The van der Waals surface area contributed by atoms with Gasteiger partial charge in [-0.1, -0.05) is 15.9 Å². The Kier molecular flexibility index (Phi) is 4.85. The first-order valence-electron chi connectivity index (χ1n) is 4.91. The number of nitrogens with one attached hydrogen (secondary N) is 1. The Morgan fingerprint density at radius 1 is 1.17 bits per heavy atom. The Bertz CT molecular complexity index is 471. The standard InChI is InChI=1S/C11H10BrNO5/c12-7-3-1-6(2-4-7)10(16)13-8(11(17)18)5-9(14)15/h1-4,8H,5H2,(H,13,16)(H,14,15)(H,17,18). The van der Waals surface area contributed by atoms with Crippen LogP contribution in [0.25, 0.3) is 0 Å². The van der Waals surface area contributed by atoms with Gasteiger partial charge in [0, 0.05) is 10.0 Å². The van der Waals surface area contributed by atoms with E-state index in [0.29, 0.717) is 0 Å². The number of amides is 1. The van der Waals surface area contributed by atoms with Crippen LogP contribution in [0.4, 0.5) is 0 Å². The normalized spacial score (nSPS) is 11.6. The van der Waals surface area contributed by atoms with E-state index in [0.717, 1.165) is 4.47 Å². The summed E-state index contributed by atoms with van der Waals surface area (Å²) in [5, 5.41) is 19.5. The number of carbonyl (C=O) groups is 3. The maximum absolute atomic E-state index is 11.7. The highest BCUT2D eigenvalue weighted by Gasteiger charge is 2.23. The van der Waals surface area contributed by atoms with Crippen molar-refractivity contribution in [1.82, 2.24) is 5.32 Å². The SMILES string of the molecule is O=C(O)CC(NC(=O)c1ccc(Br)cc1)C(=O)O. The van der Waals surface area contributed by atoms with Crippen LogP contribution >= 0.6 is 15.9 Å². The fraction of sp³-hybridized carbons (Fsp3) is 0.182. The predicted octanol–water partition coefficient (Wildman–Crippen LogP) is 1.11. The van der Waals surface area contributed by atoms with Crippen LogP contribution in [0.15, 0.2) is 28.7 Å². The number of benzene rings is 1. The van der Waals surface area contributed by atoms with Crippen molar-refractivity contribution < 1.29 is 24.6 Å². The lowest BCUT2D eigenvalue weighted by atomic mass is 10.1. The van der Waals surface area contributed by atoms with Gasteiger partial charge in [-0.3, -0.25) is 9.59 Å². The summed E-state index contributed by atoms with van der Waals surface area (Å²) in [5.41, 5.74) is 0.259. The van der Waals surface area contributed by atoms with Crippen molar-refractivity contribution in [1.29, 1.82) is 0 Å². The molecule has 1 unspecified atom stereocenters. The van der Waals surface area contributed by atoms with Crippen molar-refractivity contribution >= 4 is 33.8 Å². The van der Waals surface area contributed by atoms with Crippen LogP contribution in [-0.4, -0.2) is 34.1 Å². The number of hydrogen-bond donors (Lipinski definition) is 3. The van der Waals surface area contributed by atoms with E-state index in [4.69, 9.17) is 10.2 Å². The summed E-state index contributed by atoms with van der Waals surface area (Å²) in [7, 11) is 0. The van der Waals surface area contributed by atoms with Gasteiger partial charge in [0.15, 0.2) is 0 Å². The summed E-state index contributed by atoms with van der Waals surface area (Å²) < 4.78 is 0.777. The number of carboxylic acid groups (broad SMARTS) is 2. The summed E-state index contributed by atoms with van der Waals surface area (Å²) in [6, 6.07) is 4.81. The average molecular weight is 316 g/mol. The second kappa shape index (κ2) is 6.15. The van der Waals surface area contributed by atoms with E-state index in [1.165, 1.54) is 12.1 Å². The Hall–Kier alpha value is -1.89. The third-order valence-corrected chi connectivity index (χ3v) is 2.62. The highest BCUT2D eigenvalue weighted by molar-refractivity contribution is 9.10. The number of carboxylic acids is 2. The molecule has 0 saturated carbocycles. The second-order valence-electron chi connectivity index (χ2n) is 3.47. The lowest BCUT2D eigenvalue weighted by Gasteiger charge is -2.12. The molecule has 0 aromatic heterocycles. The molecule has 0 aliphatic rings. The Balaban J connectivity index is 2.75. The fourth-order valence-corrected chi connectivity index (χ4v) is 1.48. The molecule has 0 fully saturated rings. The summed E-state index contributed by atoms with van der Waals surface area (Å²) in [6.07, 6.45) is -0.669. The Labute approximate surface area is 111 Å². The van der Waals surface area contributed by atoms with Crippen molar-refractivity contribution in [2.75, 3.05) is 0 Å². The van der Waals surface area contributed by atoms with Crippen LogP contribution in [0, 0.1) is 0 Å². The third kappa shape index (κ3) is 4.17. The van der Waals surface area contributed by atoms with Gasteiger partial charge in [-0.15, -0.1) is 0 Å². The van der Waals surface area contributed by atoms with Crippen LogP contribution in [0.1, 0.15) is 16.8 Å². The molecular weight excluding hydrogens is 306 g/mol. The van der Waals surface area contributed by atoms with Gasteiger partial charge >= 0.3 is 11.9 Å². The average Bonchev–Trinajstić information content (AvgIpc) is 2.28. The third-order valence-electron chi connectivity index (χ3n) is 2.09. The molecule has 0 aliphatic carbocycles. The fourth-order valence-electron chi connectivity index (χ4n) is 1.22. The van der Waals surface area contributed by atoms with Gasteiger partial charge < -0.3 is 15.5 Å². The Morgan fingerprint density at radius 3 is 2.17 bits per heavy atom. The van der Waals surface area contributed by atoms with Crippen molar-refractivity contribution in [3.05, 3.63) is 34.3 Å². The molecule has 7 heteroatoms. The van der Waals surface area contributed by atoms with Crippen LogP contribution in [0.2, 0.25) is 0 Å². The summed E-state index contributed by atoms with van der Waals surface area (Å²) in [5.74, 6) is -3.31. The van der Waals surface area contributed by atoms with Gasteiger partial charge in [-0.05, 0) is 24.3 Å². The van der Waals surface area contributed by atoms with Gasteiger partial charge in [0.1, 0.15) is 6.04 Å². The van der Waals surface area contributed by atoms with E-state index in [2.05, 4.69) is 21.2 Å². The van der Waals surface area contributed by atoms with Crippen LogP contribution in [0.5, 0.6) is 0 Å². The monoisotopic (exact) mass is 315 g/mol. The van der Waals surface area contributed by atoms with E-state index in [1.54, 1.807) is 12.1 Å². The minimum atomic E-state index is -1.45. The maximum Gasteiger partial charge on any atom is 0.326 e. The largest absolute Gasteiger partial charge is 0.481 e. The quantitative estimate of drug-likeness (QED) is 0.755. The summed E-state index contributed by atoms with van der Waals surface area (Å²) >= 11 is 3.20. The number of rotatable bonds is 5. The molecule has 1 rings (SSSR count). The first kappa shape index (κ1) is 14.2. The number of aliphatic carboxylic acids is 2. The van der Waals surface area contributed by atoms with Gasteiger partial charge in [-0.25, -0.2) is 4.79 Å². The lowest BCUT2D eigenvalue weighted by Crippen LogP contribution is -2.42. The first-order valence-corrected chi connectivity index (χ1v) is 5.70. The summed E-state index contributed by atoms with van der Waals surface area (Å²) in [6.45, 7) is 0. The molecule has 0 bridgehead atoms. The lowest BCUT2D eigenvalue weighted by molar-refractivity contribution is -0.145. The van der Waals surface area contributed by atoms with Crippen molar-refractivity contribution in [2.45, 2.75) is 12.5 Å². The predicted molar refractivity (Wildman–Crippen MR) is 65.3 cm³/mol. The van der Waals surface area contributed by atoms with Crippen LogP contribution in [-0.2, 0) is 9.59 Å². The minimum Gasteiger partial charge on any atom is -0.481 e. The van der Waals surface area contributed by atoms with E-state index in [1.807, 2.05) is 0 Å². The van der Waals surface area contributed by atoms with Crippen LogP contribution in [0.3, 0.4) is 0 Å². The van der Waals surface area contributed by atoms with Gasteiger partial charge in [0.05, 0.1) is 6.42 Å². The van der Waals surface area contributed by atoms with E-state index in [-0.39, 0.29) is 5.56 Å². The molecule has 0 radical (unpaired) electrons. The highest BCUT2D eigenvalue weighted by atomic mass is 79.9. The van der Waals surface area contributed by atoms with E-state index < -0.39 is 30.3 Å². The number of halogens is 1. The molecule has 0 spiro atoms. The van der Waals surface area contributed by atoms with Gasteiger partial charge in [0.2, 0.25) is 0 Å². The Morgan fingerprint density at radius 2 is 1.72 bits per heavy atom. The highest BCUT2D eigenvalue weighted by Crippen LogP contribution is 2.10. The molecule has 1 atom stereocenters. The number of carbonyl (C=O) groups excluding carboxylic acids is 1. The first-order chi connectivity index (χ1) is 8.40. The minimum absolute atomic E-state index is 0.259. The molecular formula is C11H10BrNO5. The maximum atomic E-state index is 11.7. The van der Waals surface area contributed by atoms with E-state index in [9.17, 15) is 14.4 Å². The zero-order valence-electron chi connectivity index (χ0n) is 9.09. The van der Waals surface area contributed by atoms with Crippen molar-refractivity contribution in [3.63, 3.8) is 0 Å². The molecule has 3 N–H and O–H groups in total. The van der Waals surface area contributed by atoms with Gasteiger partial charge in [0.25, 0.3) is 5.91 Å². The van der Waals surface area contributed by atoms with Crippen molar-refractivity contribution in [2.24, 2.45) is 0 Å².